The zero-order valence-corrected chi connectivity index (χ0v) is 11.0. The van der Waals surface area contributed by atoms with Crippen LogP contribution in [0.1, 0.15) is 17.7 Å². The third kappa shape index (κ3) is 5.00. The van der Waals surface area contributed by atoms with Gasteiger partial charge in [-0.3, -0.25) is 9.00 Å². The molecule has 11 heteroatoms. The molecule has 0 spiro atoms. The molecule has 1 unspecified atom stereocenters. The molecule has 0 bridgehead atoms. The van der Waals surface area contributed by atoms with Crippen LogP contribution < -0.4 is 0 Å². The van der Waals surface area contributed by atoms with Gasteiger partial charge in [0, 0.05) is 10.6 Å². The predicted octanol–water partition coefficient (Wildman–Crippen LogP) is 2.93. The second-order valence-electron chi connectivity index (χ2n) is 3.44. The summed E-state index contributed by atoms with van der Waals surface area (Å²) >= 11 is 5.44. The standard InChI is InChI=1S/C9H6ClF5N2O2S/c10-6-2-4(1-5(16-6)7(11)12)3-20(19)17-8(18)9(13,14)15/h1-2,7,20H,3H2. The van der Waals surface area contributed by atoms with Gasteiger partial charge in [0.2, 0.25) is 0 Å². The molecular weight excluding hydrogens is 331 g/mol. The van der Waals surface area contributed by atoms with Crippen LogP contribution in [0.15, 0.2) is 16.5 Å². The number of nitrogens with zero attached hydrogens (tertiary/aromatic N) is 2. The van der Waals surface area contributed by atoms with Crippen molar-refractivity contribution >= 4 is 28.1 Å². The van der Waals surface area contributed by atoms with Gasteiger partial charge in [-0.25, -0.2) is 13.8 Å². The van der Waals surface area contributed by atoms with E-state index in [0.717, 1.165) is 12.1 Å². The van der Waals surface area contributed by atoms with Crippen molar-refractivity contribution < 1.29 is 31.0 Å². The number of alkyl halides is 5. The number of halogens is 6. The molecule has 1 aromatic heterocycles. The van der Waals surface area contributed by atoms with Gasteiger partial charge >= 0.3 is 12.1 Å². The van der Waals surface area contributed by atoms with Crippen molar-refractivity contribution in [3.8, 4) is 0 Å². The van der Waals surface area contributed by atoms with Crippen LogP contribution in [0.2, 0.25) is 5.15 Å². The van der Waals surface area contributed by atoms with Crippen LogP contribution in [0.3, 0.4) is 0 Å². The fourth-order valence-corrected chi connectivity index (χ4v) is 2.24. The second-order valence-corrected chi connectivity index (χ2v) is 5.04. The lowest BCUT2D eigenvalue weighted by Gasteiger charge is -2.03. The summed E-state index contributed by atoms with van der Waals surface area (Å²) in [5.41, 5.74) is -0.766. The van der Waals surface area contributed by atoms with Crippen molar-refractivity contribution in [2.24, 2.45) is 4.36 Å². The Bertz CT molecular complexity index is 598. The molecule has 0 aliphatic carbocycles. The topological polar surface area (TPSA) is 59.4 Å². The Morgan fingerprint density at radius 3 is 2.50 bits per heavy atom. The third-order valence-electron chi connectivity index (χ3n) is 1.86. The molecule has 1 amide bonds. The average molecular weight is 337 g/mol. The van der Waals surface area contributed by atoms with Crippen molar-refractivity contribution in [3.63, 3.8) is 0 Å². The Hall–Kier alpha value is -1.29. The lowest BCUT2D eigenvalue weighted by atomic mass is 10.2. The summed E-state index contributed by atoms with van der Waals surface area (Å²) in [4.78, 5) is 13.8. The molecule has 0 aromatic carbocycles. The molecule has 1 heterocycles. The molecule has 0 saturated heterocycles. The van der Waals surface area contributed by atoms with Crippen LogP contribution in [0, 0.1) is 0 Å². The Morgan fingerprint density at radius 1 is 1.40 bits per heavy atom. The maximum absolute atomic E-state index is 12.4. The summed E-state index contributed by atoms with van der Waals surface area (Å²) in [6.07, 6.45) is -8.17. The number of pyridine rings is 1. The minimum atomic E-state index is -5.23. The number of carbonyl (C=O) groups excluding carboxylic acids is 1. The number of hydrogen-bond donors (Lipinski definition) is 1. The molecule has 0 aliphatic rings. The highest BCUT2D eigenvalue weighted by molar-refractivity contribution is 7.74. The second kappa shape index (κ2) is 6.44. The van der Waals surface area contributed by atoms with Crippen LogP contribution in [0.25, 0.3) is 0 Å². The monoisotopic (exact) mass is 336 g/mol. The van der Waals surface area contributed by atoms with Crippen LogP contribution in [-0.2, 0) is 21.1 Å². The SMILES string of the molecule is O=C(/N=[SH](=O)\Cc1cc(Cl)nc(C(F)F)c1)C(F)(F)F. The van der Waals surface area contributed by atoms with Gasteiger partial charge in [0.1, 0.15) is 10.8 Å². The van der Waals surface area contributed by atoms with Crippen molar-refractivity contribution in [3.05, 3.63) is 28.5 Å². The zero-order chi connectivity index (χ0) is 15.5. The number of rotatable bonds is 3. The number of thiol groups is 1. The molecule has 4 nitrogen and oxygen atoms in total. The van der Waals surface area contributed by atoms with Gasteiger partial charge in [-0.2, -0.15) is 17.5 Å². The molecule has 0 radical (unpaired) electrons. The molecule has 1 aromatic rings. The Kier molecular flexibility index (Phi) is 5.40. The first kappa shape index (κ1) is 16.8. The van der Waals surface area contributed by atoms with E-state index < -0.39 is 40.6 Å². The van der Waals surface area contributed by atoms with Crippen molar-refractivity contribution in [1.82, 2.24) is 4.98 Å². The molecule has 1 atom stereocenters. The van der Waals surface area contributed by atoms with E-state index in [0.29, 0.717) is 0 Å². The smallest absolute Gasteiger partial charge is 0.261 e. The summed E-state index contributed by atoms with van der Waals surface area (Å²) < 4.78 is 74.2. The molecule has 1 rings (SSSR count). The maximum atomic E-state index is 12.4. The van der Waals surface area contributed by atoms with E-state index in [2.05, 4.69) is 9.35 Å². The minimum absolute atomic E-state index is 0.0554. The number of hydrogen-bond acceptors (Lipinski definition) is 3. The van der Waals surface area contributed by atoms with Gasteiger partial charge < -0.3 is 0 Å². The molecule has 0 N–H and O–H groups in total. The van der Waals surface area contributed by atoms with Crippen LogP contribution in [0.4, 0.5) is 22.0 Å². The van der Waals surface area contributed by atoms with E-state index in [1.165, 1.54) is 0 Å². The first-order valence-corrected chi connectivity index (χ1v) is 6.59. The summed E-state index contributed by atoms with van der Waals surface area (Å²) in [5.74, 6) is -3.12. The van der Waals surface area contributed by atoms with E-state index >= 15 is 0 Å². The van der Waals surface area contributed by atoms with Crippen LogP contribution in [-0.4, -0.2) is 21.3 Å². The quantitative estimate of drug-likeness (QED) is 0.524. The van der Waals surface area contributed by atoms with Crippen molar-refractivity contribution in [1.29, 1.82) is 0 Å². The van der Waals surface area contributed by atoms with Crippen LogP contribution >= 0.6 is 11.6 Å². The molecule has 0 saturated carbocycles. The van der Waals surface area contributed by atoms with E-state index in [9.17, 15) is 31.0 Å². The molecule has 112 valence electrons. The van der Waals surface area contributed by atoms with Gasteiger partial charge in [0.05, 0.1) is 5.75 Å². The molecule has 20 heavy (non-hydrogen) atoms. The lowest BCUT2D eigenvalue weighted by molar-refractivity contribution is -0.169. The zero-order valence-electron chi connectivity index (χ0n) is 9.37. The Labute approximate surface area is 116 Å². The van der Waals surface area contributed by atoms with Gasteiger partial charge in [0.15, 0.2) is 0 Å². The van der Waals surface area contributed by atoms with Crippen LogP contribution in [0.5, 0.6) is 0 Å². The van der Waals surface area contributed by atoms with Gasteiger partial charge in [-0.1, -0.05) is 11.6 Å². The minimum Gasteiger partial charge on any atom is -0.261 e. The first-order chi connectivity index (χ1) is 9.09. The number of carbonyl (C=O) groups is 1. The molecule has 0 aliphatic heterocycles. The highest BCUT2D eigenvalue weighted by Gasteiger charge is 2.38. The maximum Gasteiger partial charge on any atom is 0.474 e. The van der Waals surface area contributed by atoms with E-state index in [-0.39, 0.29) is 10.7 Å². The van der Waals surface area contributed by atoms with E-state index in [1.54, 1.807) is 0 Å². The summed E-state index contributed by atoms with van der Waals surface area (Å²) in [6.45, 7) is 0. The summed E-state index contributed by atoms with van der Waals surface area (Å²) in [5, 5.41) is -0.330. The largest absolute Gasteiger partial charge is 0.474 e. The summed E-state index contributed by atoms with van der Waals surface area (Å²) in [7, 11) is -2.93. The average Bonchev–Trinajstić information content (AvgIpc) is 2.26. The fraction of sp³-hybridized carbons (Fsp3) is 0.333. The molecular formula is C9H6ClF5N2O2S. The summed E-state index contributed by atoms with van der Waals surface area (Å²) in [6, 6.07) is 1.88. The number of amides is 1. The number of aromatic nitrogens is 1. The van der Waals surface area contributed by atoms with Gasteiger partial charge in [-0.15, -0.1) is 0 Å². The predicted molar refractivity (Wildman–Crippen MR) is 60.9 cm³/mol. The van der Waals surface area contributed by atoms with Gasteiger partial charge in [0.25, 0.3) is 6.43 Å². The Morgan fingerprint density at radius 2 is 2.00 bits per heavy atom. The van der Waals surface area contributed by atoms with E-state index in [4.69, 9.17) is 11.6 Å². The molecule has 0 fully saturated rings. The lowest BCUT2D eigenvalue weighted by Crippen LogP contribution is -2.20. The third-order valence-corrected chi connectivity index (χ3v) is 3.09. The van der Waals surface area contributed by atoms with Crippen molar-refractivity contribution in [2.75, 3.05) is 0 Å². The van der Waals surface area contributed by atoms with E-state index in [1.807, 2.05) is 0 Å². The highest BCUT2D eigenvalue weighted by Crippen LogP contribution is 2.21. The Balaban J connectivity index is 2.97. The highest BCUT2D eigenvalue weighted by atomic mass is 35.5. The first-order valence-electron chi connectivity index (χ1n) is 4.81. The fourth-order valence-electron chi connectivity index (χ4n) is 1.13. The van der Waals surface area contributed by atoms with Gasteiger partial charge in [-0.05, 0) is 17.7 Å². The normalized spacial score (nSPS) is 13.8. The van der Waals surface area contributed by atoms with Crippen molar-refractivity contribution in [2.45, 2.75) is 18.4 Å².